The van der Waals surface area contributed by atoms with Crippen molar-refractivity contribution in [3.63, 3.8) is 0 Å². The van der Waals surface area contributed by atoms with Crippen molar-refractivity contribution in [1.82, 2.24) is 0 Å². The van der Waals surface area contributed by atoms with Gasteiger partial charge in [-0.3, -0.25) is 0 Å². The average molecular weight is 677 g/mol. The molecule has 0 radical (unpaired) electrons. The van der Waals surface area contributed by atoms with Crippen LogP contribution in [0.5, 0.6) is 0 Å². The summed E-state index contributed by atoms with van der Waals surface area (Å²) in [6.07, 6.45) is 0. The van der Waals surface area contributed by atoms with Crippen molar-refractivity contribution < 1.29 is 0 Å². The van der Waals surface area contributed by atoms with Crippen LogP contribution >= 0.6 is 0 Å². The molecule has 2 nitrogen and oxygen atoms in total. The second-order valence-corrected chi connectivity index (χ2v) is 15.2. The molecule has 0 aliphatic carbocycles. The molecule has 258 valence electrons. The second-order valence-electron chi connectivity index (χ2n) is 15.2. The van der Waals surface area contributed by atoms with E-state index in [0.29, 0.717) is 11.8 Å². The number of benzene rings is 8. The van der Waals surface area contributed by atoms with Crippen molar-refractivity contribution in [1.29, 1.82) is 0 Å². The van der Waals surface area contributed by atoms with Gasteiger partial charge in [-0.05, 0) is 143 Å². The number of hydrogen-bond acceptors (Lipinski definition) is 2. The van der Waals surface area contributed by atoms with Crippen LogP contribution in [0.1, 0.15) is 72.9 Å². The van der Waals surface area contributed by atoms with E-state index in [0.717, 1.165) is 0 Å². The molecule has 0 aliphatic rings. The first-order valence-electron chi connectivity index (χ1n) is 18.8. The molecule has 0 N–H and O–H groups in total. The third-order valence-corrected chi connectivity index (χ3v) is 11.1. The Bertz CT molecular complexity index is 2320. The highest BCUT2D eigenvalue weighted by Crippen LogP contribution is 2.51. The summed E-state index contributed by atoms with van der Waals surface area (Å²) in [5, 5.41) is 7.97. The van der Waals surface area contributed by atoms with Crippen molar-refractivity contribution in [2.24, 2.45) is 0 Å². The van der Waals surface area contributed by atoms with E-state index in [-0.39, 0.29) is 0 Å². The van der Waals surface area contributed by atoms with Crippen LogP contribution in [-0.4, -0.2) is 0 Å². The zero-order valence-corrected chi connectivity index (χ0v) is 31.8. The maximum Gasteiger partial charge on any atom is 0.0541 e. The van der Waals surface area contributed by atoms with Crippen LogP contribution in [0.15, 0.2) is 133 Å². The van der Waals surface area contributed by atoms with Gasteiger partial charge in [0.05, 0.1) is 11.4 Å². The summed E-state index contributed by atoms with van der Waals surface area (Å²) in [4.78, 5) is 5.01. The third-order valence-electron chi connectivity index (χ3n) is 11.1. The molecular formula is C50H48N2. The van der Waals surface area contributed by atoms with Gasteiger partial charge in [0.1, 0.15) is 0 Å². The monoisotopic (exact) mass is 676 g/mol. The van der Waals surface area contributed by atoms with Crippen molar-refractivity contribution in [2.75, 3.05) is 9.80 Å². The molecule has 0 aromatic heterocycles. The number of anilines is 6. The van der Waals surface area contributed by atoms with E-state index in [2.05, 4.69) is 199 Å². The van der Waals surface area contributed by atoms with E-state index in [1.165, 1.54) is 99.8 Å². The maximum absolute atomic E-state index is 2.51. The summed E-state index contributed by atoms with van der Waals surface area (Å²) in [7, 11) is 0. The lowest BCUT2D eigenvalue weighted by atomic mass is 9.83. The Kier molecular flexibility index (Phi) is 8.50. The predicted molar refractivity (Wildman–Crippen MR) is 227 cm³/mol. The SMILES string of the molecule is Cc1ccccc1N(c1ccccc1C)c1ccc2c(C(C)C)cc3c(N(c4ccccc4C)c4ccccc4C)ccc4c(C(C)C)cc1c2c43. The highest BCUT2D eigenvalue weighted by Gasteiger charge is 2.27. The number of aryl methyl sites for hydroxylation is 4. The Labute approximate surface area is 309 Å². The van der Waals surface area contributed by atoms with Gasteiger partial charge in [-0.1, -0.05) is 113 Å². The molecule has 0 amide bonds. The molecule has 0 aliphatic heterocycles. The van der Waals surface area contributed by atoms with E-state index in [9.17, 15) is 0 Å². The van der Waals surface area contributed by atoms with E-state index in [1.54, 1.807) is 0 Å². The van der Waals surface area contributed by atoms with Gasteiger partial charge in [0.25, 0.3) is 0 Å². The summed E-state index contributed by atoms with van der Waals surface area (Å²) >= 11 is 0. The molecule has 0 atom stereocenters. The van der Waals surface area contributed by atoms with Gasteiger partial charge in [0.2, 0.25) is 0 Å². The summed E-state index contributed by atoms with van der Waals surface area (Å²) in [6, 6.07) is 49.8. The van der Waals surface area contributed by atoms with Crippen LogP contribution in [0.25, 0.3) is 32.3 Å². The number of nitrogens with zero attached hydrogens (tertiary/aromatic N) is 2. The van der Waals surface area contributed by atoms with E-state index in [4.69, 9.17) is 0 Å². The van der Waals surface area contributed by atoms with Gasteiger partial charge < -0.3 is 9.80 Å². The smallest absolute Gasteiger partial charge is 0.0541 e. The van der Waals surface area contributed by atoms with Crippen molar-refractivity contribution >= 4 is 66.4 Å². The van der Waals surface area contributed by atoms with Crippen LogP contribution in [0, 0.1) is 27.7 Å². The fraction of sp³-hybridized carbons (Fsp3) is 0.200. The Morgan fingerprint density at radius 1 is 0.327 bits per heavy atom. The fourth-order valence-electron chi connectivity index (χ4n) is 8.38. The minimum atomic E-state index is 0.337. The molecule has 0 saturated heterocycles. The van der Waals surface area contributed by atoms with E-state index in [1.807, 2.05) is 0 Å². The fourth-order valence-corrected chi connectivity index (χ4v) is 8.38. The van der Waals surface area contributed by atoms with Gasteiger partial charge in [0.15, 0.2) is 0 Å². The zero-order chi connectivity index (χ0) is 36.3. The van der Waals surface area contributed by atoms with Gasteiger partial charge >= 0.3 is 0 Å². The molecule has 2 heteroatoms. The molecule has 52 heavy (non-hydrogen) atoms. The lowest BCUT2D eigenvalue weighted by Crippen LogP contribution is -2.14. The number of rotatable bonds is 8. The topological polar surface area (TPSA) is 6.48 Å². The van der Waals surface area contributed by atoms with Crippen LogP contribution in [-0.2, 0) is 0 Å². The highest BCUT2D eigenvalue weighted by atomic mass is 15.2. The molecule has 0 fully saturated rings. The predicted octanol–water partition coefficient (Wildman–Crippen LogP) is 15.0. The molecule has 8 rings (SSSR count). The minimum Gasteiger partial charge on any atom is -0.309 e. The van der Waals surface area contributed by atoms with Crippen LogP contribution in [0.3, 0.4) is 0 Å². The van der Waals surface area contributed by atoms with Gasteiger partial charge in [0, 0.05) is 33.5 Å². The van der Waals surface area contributed by atoms with Gasteiger partial charge in [-0.25, -0.2) is 0 Å². The summed E-state index contributed by atoms with van der Waals surface area (Å²) in [5.41, 5.74) is 15.0. The van der Waals surface area contributed by atoms with Gasteiger partial charge in [-0.15, -0.1) is 0 Å². The Morgan fingerprint density at radius 2 is 0.615 bits per heavy atom. The van der Waals surface area contributed by atoms with E-state index >= 15 is 0 Å². The maximum atomic E-state index is 2.51. The molecule has 8 aromatic rings. The van der Waals surface area contributed by atoms with Crippen molar-refractivity contribution in [2.45, 2.75) is 67.2 Å². The second kappa shape index (κ2) is 13.2. The first-order valence-corrected chi connectivity index (χ1v) is 18.8. The van der Waals surface area contributed by atoms with Crippen molar-refractivity contribution in [3.05, 3.63) is 167 Å². The Morgan fingerprint density at radius 3 is 0.885 bits per heavy atom. The Hall–Kier alpha value is -5.60. The van der Waals surface area contributed by atoms with Crippen LogP contribution in [0.2, 0.25) is 0 Å². The molecule has 0 spiro atoms. The quantitative estimate of drug-likeness (QED) is 0.148. The summed E-state index contributed by atoms with van der Waals surface area (Å²) < 4.78 is 0. The lowest BCUT2D eigenvalue weighted by Gasteiger charge is -2.33. The van der Waals surface area contributed by atoms with Crippen molar-refractivity contribution in [3.8, 4) is 0 Å². The third kappa shape index (κ3) is 5.40. The normalized spacial score (nSPS) is 11.8. The first kappa shape index (κ1) is 33.5. The molecule has 8 aromatic carbocycles. The van der Waals surface area contributed by atoms with Gasteiger partial charge in [-0.2, -0.15) is 0 Å². The zero-order valence-electron chi connectivity index (χ0n) is 31.8. The summed E-state index contributed by atoms with van der Waals surface area (Å²) in [6.45, 7) is 18.3. The van der Waals surface area contributed by atoms with E-state index < -0.39 is 0 Å². The molecule has 0 bridgehead atoms. The highest BCUT2D eigenvalue weighted by molar-refractivity contribution is 6.29. The largest absolute Gasteiger partial charge is 0.309 e. The van der Waals surface area contributed by atoms with Crippen LogP contribution in [0.4, 0.5) is 34.1 Å². The number of para-hydroxylation sites is 4. The van der Waals surface area contributed by atoms with Crippen LogP contribution < -0.4 is 9.80 Å². The molecule has 0 saturated carbocycles. The summed E-state index contributed by atoms with van der Waals surface area (Å²) in [5.74, 6) is 0.675. The molecule has 0 heterocycles. The number of hydrogen-bond donors (Lipinski definition) is 0. The minimum absolute atomic E-state index is 0.337. The molecular weight excluding hydrogens is 629 g/mol. The average Bonchev–Trinajstić information content (AvgIpc) is 3.14. The first-order chi connectivity index (χ1) is 25.2. The standard InChI is InChI=1S/C50H48N2/c1-31(2)39-29-41-47(51(43-21-13-9-17-33(43)5)44-22-14-10-18-34(44)6)28-26-38-40(32(3)4)30-42-48(27-25-37(39)49(42)50(38)41)52(45-23-15-11-19-35(45)7)46-24-16-12-20-36(46)8/h9-32H,1-8H3. The lowest BCUT2D eigenvalue weighted by molar-refractivity contribution is 0.876. The molecule has 0 unspecified atom stereocenters. The Balaban J connectivity index is 1.56.